The summed E-state index contributed by atoms with van der Waals surface area (Å²) in [7, 11) is 0. The van der Waals surface area contributed by atoms with Crippen LogP contribution < -0.4 is 5.32 Å². The Labute approximate surface area is 128 Å². The summed E-state index contributed by atoms with van der Waals surface area (Å²) in [6, 6.07) is 19.1. The molecule has 1 N–H and O–H groups in total. The highest BCUT2D eigenvalue weighted by Gasteiger charge is 2.13. The fourth-order valence-corrected chi connectivity index (χ4v) is 3.01. The lowest BCUT2D eigenvalue weighted by molar-refractivity contribution is 0.598. The fourth-order valence-electron chi connectivity index (χ4n) is 2.34. The number of thiophene rings is 1. The van der Waals surface area contributed by atoms with E-state index in [1.54, 1.807) is 11.3 Å². The molecule has 0 saturated heterocycles. The number of hydrogen-bond donors (Lipinski definition) is 1. The Morgan fingerprint density at radius 2 is 1.62 bits per heavy atom. The molecule has 106 valence electrons. The molecule has 0 spiro atoms. The molecule has 0 aliphatic rings. The first-order valence-corrected chi connectivity index (χ1v) is 7.82. The van der Waals surface area contributed by atoms with Crippen molar-refractivity contribution in [1.29, 1.82) is 0 Å². The van der Waals surface area contributed by atoms with Gasteiger partial charge in [0.2, 0.25) is 0 Å². The SMILES string of the molecule is Fc1ccc(C(NCc2ccsc2)c2ccccc2)cc1. The highest BCUT2D eigenvalue weighted by atomic mass is 32.1. The molecule has 3 rings (SSSR count). The van der Waals surface area contributed by atoms with Crippen LogP contribution in [0.15, 0.2) is 71.4 Å². The Kier molecular flexibility index (Phi) is 4.43. The summed E-state index contributed by atoms with van der Waals surface area (Å²) in [5.74, 6) is -0.205. The summed E-state index contributed by atoms with van der Waals surface area (Å²) in [6.45, 7) is 0.792. The Balaban J connectivity index is 1.85. The maximum absolute atomic E-state index is 13.1. The molecule has 0 saturated carbocycles. The topological polar surface area (TPSA) is 12.0 Å². The van der Waals surface area contributed by atoms with Crippen molar-refractivity contribution >= 4 is 11.3 Å². The molecule has 0 fully saturated rings. The molecule has 1 heterocycles. The van der Waals surface area contributed by atoms with Gasteiger partial charge in [0, 0.05) is 6.54 Å². The number of hydrogen-bond acceptors (Lipinski definition) is 2. The van der Waals surface area contributed by atoms with Crippen LogP contribution in [0, 0.1) is 5.82 Å². The molecule has 1 nitrogen and oxygen atoms in total. The first kappa shape index (κ1) is 14.0. The van der Waals surface area contributed by atoms with E-state index in [1.165, 1.54) is 23.3 Å². The van der Waals surface area contributed by atoms with E-state index in [0.29, 0.717) is 0 Å². The van der Waals surface area contributed by atoms with E-state index < -0.39 is 0 Å². The number of halogens is 1. The predicted molar refractivity (Wildman–Crippen MR) is 85.8 cm³/mol. The molecular weight excluding hydrogens is 281 g/mol. The summed E-state index contributed by atoms with van der Waals surface area (Å²) in [5, 5.41) is 7.77. The van der Waals surface area contributed by atoms with Crippen LogP contribution in [-0.4, -0.2) is 0 Å². The van der Waals surface area contributed by atoms with Gasteiger partial charge in [0.15, 0.2) is 0 Å². The van der Waals surface area contributed by atoms with Crippen molar-refractivity contribution in [3.8, 4) is 0 Å². The van der Waals surface area contributed by atoms with Crippen molar-refractivity contribution in [2.24, 2.45) is 0 Å². The zero-order chi connectivity index (χ0) is 14.5. The van der Waals surface area contributed by atoms with Gasteiger partial charge in [-0.25, -0.2) is 4.39 Å². The Morgan fingerprint density at radius 3 is 2.29 bits per heavy atom. The third kappa shape index (κ3) is 3.57. The minimum absolute atomic E-state index is 0.0618. The summed E-state index contributed by atoms with van der Waals surface area (Å²) in [5.41, 5.74) is 3.51. The smallest absolute Gasteiger partial charge is 0.123 e. The van der Waals surface area contributed by atoms with Gasteiger partial charge in [0.25, 0.3) is 0 Å². The van der Waals surface area contributed by atoms with Gasteiger partial charge in [-0.2, -0.15) is 11.3 Å². The van der Waals surface area contributed by atoms with E-state index >= 15 is 0 Å². The van der Waals surface area contributed by atoms with Crippen LogP contribution >= 0.6 is 11.3 Å². The van der Waals surface area contributed by atoms with Crippen molar-refractivity contribution in [3.05, 3.63) is 93.9 Å². The Bertz CT molecular complexity index is 662. The van der Waals surface area contributed by atoms with E-state index in [2.05, 4.69) is 34.3 Å². The number of rotatable bonds is 5. The van der Waals surface area contributed by atoms with Crippen molar-refractivity contribution < 1.29 is 4.39 Å². The molecule has 1 atom stereocenters. The summed E-state index contributed by atoms with van der Waals surface area (Å²) < 4.78 is 13.1. The highest BCUT2D eigenvalue weighted by Crippen LogP contribution is 2.23. The fraction of sp³-hybridized carbons (Fsp3) is 0.111. The van der Waals surface area contributed by atoms with Gasteiger partial charge < -0.3 is 5.32 Å². The number of benzene rings is 2. The summed E-state index contributed by atoms with van der Waals surface area (Å²) >= 11 is 1.70. The van der Waals surface area contributed by atoms with Gasteiger partial charge in [-0.15, -0.1) is 0 Å². The summed E-state index contributed by atoms with van der Waals surface area (Å²) in [6.07, 6.45) is 0. The van der Waals surface area contributed by atoms with Gasteiger partial charge in [-0.05, 0) is 45.6 Å². The quantitative estimate of drug-likeness (QED) is 0.715. The third-order valence-electron chi connectivity index (χ3n) is 3.43. The van der Waals surface area contributed by atoms with Crippen molar-refractivity contribution in [2.45, 2.75) is 12.6 Å². The van der Waals surface area contributed by atoms with Crippen LogP contribution in [-0.2, 0) is 6.54 Å². The van der Waals surface area contributed by atoms with Crippen molar-refractivity contribution in [2.75, 3.05) is 0 Å². The largest absolute Gasteiger partial charge is 0.302 e. The molecule has 3 heteroatoms. The molecule has 3 aromatic rings. The lowest BCUT2D eigenvalue weighted by Crippen LogP contribution is -2.21. The first-order valence-electron chi connectivity index (χ1n) is 6.88. The number of nitrogens with one attached hydrogen (secondary N) is 1. The molecule has 1 unspecified atom stereocenters. The van der Waals surface area contributed by atoms with E-state index in [1.807, 2.05) is 30.3 Å². The van der Waals surface area contributed by atoms with E-state index in [4.69, 9.17) is 0 Å². The second-order valence-corrected chi connectivity index (χ2v) is 5.69. The molecule has 0 bridgehead atoms. The third-order valence-corrected chi connectivity index (χ3v) is 4.16. The first-order chi connectivity index (χ1) is 10.3. The Morgan fingerprint density at radius 1 is 0.905 bits per heavy atom. The second kappa shape index (κ2) is 6.66. The van der Waals surface area contributed by atoms with Crippen LogP contribution in [0.25, 0.3) is 0 Å². The predicted octanol–water partition coefficient (Wildman–Crippen LogP) is 4.77. The van der Waals surface area contributed by atoms with E-state index in [9.17, 15) is 4.39 Å². The molecule has 1 aromatic heterocycles. The average molecular weight is 297 g/mol. The maximum Gasteiger partial charge on any atom is 0.123 e. The van der Waals surface area contributed by atoms with Crippen LogP contribution in [0.4, 0.5) is 4.39 Å². The van der Waals surface area contributed by atoms with Gasteiger partial charge in [0.05, 0.1) is 6.04 Å². The normalized spacial score (nSPS) is 12.2. The van der Waals surface area contributed by atoms with Crippen LogP contribution in [0.5, 0.6) is 0 Å². The van der Waals surface area contributed by atoms with Crippen LogP contribution in [0.2, 0.25) is 0 Å². The molecule has 0 aliphatic carbocycles. The monoisotopic (exact) mass is 297 g/mol. The molecule has 0 aliphatic heterocycles. The zero-order valence-corrected chi connectivity index (χ0v) is 12.3. The van der Waals surface area contributed by atoms with E-state index in [-0.39, 0.29) is 11.9 Å². The summed E-state index contributed by atoms with van der Waals surface area (Å²) in [4.78, 5) is 0. The van der Waals surface area contributed by atoms with Gasteiger partial charge in [-0.1, -0.05) is 42.5 Å². The average Bonchev–Trinajstić information content (AvgIpc) is 3.04. The van der Waals surface area contributed by atoms with Gasteiger partial charge in [-0.3, -0.25) is 0 Å². The van der Waals surface area contributed by atoms with Gasteiger partial charge >= 0.3 is 0 Å². The standard InChI is InChI=1S/C18H16FNS/c19-17-8-6-16(7-9-17)18(15-4-2-1-3-5-15)20-12-14-10-11-21-13-14/h1-11,13,18,20H,12H2. The lowest BCUT2D eigenvalue weighted by atomic mass is 9.98. The van der Waals surface area contributed by atoms with Gasteiger partial charge in [0.1, 0.15) is 5.82 Å². The van der Waals surface area contributed by atoms with Crippen molar-refractivity contribution in [3.63, 3.8) is 0 Å². The molecule has 21 heavy (non-hydrogen) atoms. The zero-order valence-electron chi connectivity index (χ0n) is 11.5. The Hall–Kier alpha value is -1.97. The van der Waals surface area contributed by atoms with Crippen LogP contribution in [0.3, 0.4) is 0 Å². The van der Waals surface area contributed by atoms with Crippen molar-refractivity contribution in [1.82, 2.24) is 5.32 Å². The second-order valence-electron chi connectivity index (χ2n) is 4.91. The molecule has 0 radical (unpaired) electrons. The minimum Gasteiger partial charge on any atom is -0.302 e. The lowest BCUT2D eigenvalue weighted by Gasteiger charge is -2.19. The molecule has 2 aromatic carbocycles. The minimum atomic E-state index is -0.205. The molecule has 0 amide bonds. The molecular formula is C18H16FNS. The van der Waals surface area contributed by atoms with Crippen LogP contribution in [0.1, 0.15) is 22.7 Å². The highest BCUT2D eigenvalue weighted by molar-refractivity contribution is 7.07. The maximum atomic E-state index is 13.1. The van der Waals surface area contributed by atoms with E-state index in [0.717, 1.165) is 12.1 Å².